The smallest absolute Gasteiger partial charge is 0.0915 e. The molecule has 0 aromatic carbocycles. The average molecular weight is 119 g/mol. The van der Waals surface area contributed by atoms with Gasteiger partial charge in [0.2, 0.25) is 0 Å². The first-order valence-electron chi connectivity index (χ1n) is 2.78. The lowest BCUT2D eigenvalue weighted by molar-refractivity contribution is 0.00863. The van der Waals surface area contributed by atoms with Crippen molar-refractivity contribution in [2.24, 2.45) is 0 Å². The molecule has 0 amide bonds. The topological polar surface area (TPSA) is 30.5 Å². The largest absolute Gasteiger partial charge is 0.379 e. The van der Waals surface area contributed by atoms with Crippen molar-refractivity contribution in [3.8, 4) is 0 Å². The third-order valence-electron chi connectivity index (χ3n) is 0.678. The van der Waals surface area contributed by atoms with E-state index in [1.165, 1.54) is 0 Å². The second kappa shape index (κ2) is 6.88. The van der Waals surface area contributed by atoms with Crippen LogP contribution in [0, 0.1) is 0 Å². The van der Waals surface area contributed by atoms with Crippen molar-refractivity contribution >= 4 is 0 Å². The maximum Gasteiger partial charge on any atom is 0.0915 e. The summed E-state index contributed by atoms with van der Waals surface area (Å²) in [5.74, 6) is 0. The van der Waals surface area contributed by atoms with E-state index in [4.69, 9.17) is 9.57 Å². The molecule has 0 aliphatic rings. The minimum absolute atomic E-state index is 0.615. The van der Waals surface area contributed by atoms with Crippen molar-refractivity contribution in [2.75, 3.05) is 26.9 Å². The van der Waals surface area contributed by atoms with Crippen LogP contribution in [0.5, 0.6) is 0 Å². The summed E-state index contributed by atoms with van der Waals surface area (Å²) in [4.78, 5) is 4.76. The van der Waals surface area contributed by atoms with Crippen molar-refractivity contribution in [2.45, 2.75) is 6.92 Å². The Labute approximate surface area is 49.9 Å². The van der Waals surface area contributed by atoms with Gasteiger partial charge in [-0.15, -0.1) is 0 Å². The number of hydrogen-bond donors (Lipinski definition) is 1. The molecule has 0 saturated heterocycles. The second-order valence-corrected chi connectivity index (χ2v) is 1.25. The van der Waals surface area contributed by atoms with E-state index >= 15 is 0 Å². The van der Waals surface area contributed by atoms with E-state index in [0.29, 0.717) is 13.2 Å². The van der Waals surface area contributed by atoms with E-state index in [9.17, 15) is 0 Å². The molecule has 0 heterocycles. The first-order chi connectivity index (χ1) is 3.91. The van der Waals surface area contributed by atoms with Crippen LogP contribution in [0.4, 0.5) is 0 Å². The number of hydrogen-bond acceptors (Lipinski definition) is 3. The minimum Gasteiger partial charge on any atom is -0.379 e. The molecule has 0 aromatic heterocycles. The number of nitrogens with one attached hydrogen (secondary N) is 1. The quantitative estimate of drug-likeness (QED) is 0.413. The van der Waals surface area contributed by atoms with E-state index in [1.54, 1.807) is 7.05 Å². The average Bonchev–Trinajstić information content (AvgIpc) is 1.81. The van der Waals surface area contributed by atoms with Gasteiger partial charge in [-0.05, 0) is 6.92 Å². The molecular formula is C5H13NO2. The Hall–Kier alpha value is -0.120. The van der Waals surface area contributed by atoms with E-state index in [2.05, 4.69) is 5.48 Å². The van der Waals surface area contributed by atoms with Crippen LogP contribution in [0.1, 0.15) is 6.92 Å². The third-order valence-corrected chi connectivity index (χ3v) is 0.678. The lowest BCUT2D eigenvalue weighted by Crippen LogP contribution is -2.12. The van der Waals surface area contributed by atoms with Crippen molar-refractivity contribution in [1.29, 1.82) is 0 Å². The molecule has 0 spiro atoms. The summed E-state index contributed by atoms with van der Waals surface area (Å²) in [6.07, 6.45) is 0. The zero-order valence-electron chi connectivity index (χ0n) is 5.44. The zero-order chi connectivity index (χ0) is 6.24. The molecule has 1 N–H and O–H groups in total. The van der Waals surface area contributed by atoms with Gasteiger partial charge in [0.05, 0.1) is 13.2 Å². The van der Waals surface area contributed by atoms with Crippen LogP contribution < -0.4 is 5.48 Å². The van der Waals surface area contributed by atoms with Gasteiger partial charge in [-0.2, -0.15) is 0 Å². The number of hydroxylamine groups is 1. The second-order valence-electron chi connectivity index (χ2n) is 1.25. The van der Waals surface area contributed by atoms with Gasteiger partial charge in [0.15, 0.2) is 0 Å². The highest BCUT2D eigenvalue weighted by molar-refractivity contribution is 4.22. The van der Waals surface area contributed by atoms with E-state index in [-0.39, 0.29) is 0 Å². The molecule has 3 heteroatoms. The fraction of sp³-hybridized carbons (Fsp3) is 1.00. The Kier molecular flexibility index (Phi) is 6.78. The molecule has 0 rings (SSSR count). The van der Waals surface area contributed by atoms with Crippen molar-refractivity contribution in [1.82, 2.24) is 5.48 Å². The predicted octanol–water partition coefficient (Wildman–Crippen LogP) is 0.174. The fourth-order valence-electron chi connectivity index (χ4n) is 0.347. The molecule has 8 heavy (non-hydrogen) atoms. The van der Waals surface area contributed by atoms with Crippen molar-refractivity contribution < 1.29 is 9.57 Å². The first-order valence-corrected chi connectivity index (χ1v) is 2.78. The molecule has 0 unspecified atom stereocenters. The molecule has 0 saturated carbocycles. The van der Waals surface area contributed by atoms with Gasteiger partial charge < -0.3 is 4.74 Å². The molecule has 0 atom stereocenters. The van der Waals surface area contributed by atoms with Gasteiger partial charge in [0.25, 0.3) is 0 Å². The standard InChI is InChI=1S/C5H13NO2/c1-3-7-4-5-8-6-2/h6H,3-5H2,1-2H3. The maximum atomic E-state index is 4.97. The van der Waals surface area contributed by atoms with E-state index < -0.39 is 0 Å². The number of ether oxygens (including phenoxy) is 1. The molecule has 0 bridgehead atoms. The molecule has 50 valence electrons. The van der Waals surface area contributed by atoms with Crippen LogP contribution in [0.15, 0.2) is 0 Å². The minimum atomic E-state index is 0.615. The Morgan fingerprint density at radius 1 is 1.38 bits per heavy atom. The normalized spacial score (nSPS) is 9.75. The molecule has 0 aliphatic heterocycles. The van der Waals surface area contributed by atoms with Gasteiger partial charge in [-0.25, -0.2) is 5.48 Å². The molecular weight excluding hydrogens is 106 g/mol. The highest BCUT2D eigenvalue weighted by Gasteiger charge is 1.81. The van der Waals surface area contributed by atoms with Crippen LogP contribution in [-0.4, -0.2) is 26.9 Å². The van der Waals surface area contributed by atoms with Crippen molar-refractivity contribution in [3.05, 3.63) is 0 Å². The summed E-state index contributed by atoms with van der Waals surface area (Å²) in [6.45, 7) is 3.99. The monoisotopic (exact) mass is 119 g/mol. The summed E-state index contributed by atoms with van der Waals surface area (Å²) in [6, 6.07) is 0. The Morgan fingerprint density at radius 2 is 2.12 bits per heavy atom. The summed E-state index contributed by atoms with van der Waals surface area (Å²) < 4.78 is 4.97. The maximum absolute atomic E-state index is 4.97. The van der Waals surface area contributed by atoms with Crippen LogP contribution in [-0.2, 0) is 9.57 Å². The van der Waals surface area contributed by atoms with E-state index in [0.717, 1.165) is 6.61 Å². The molecule has 0 aliphatic carbocycles. The van der Waals surface area contributed by atoms with Gasteiger partial charge in [0.1, 0.15) is 0 Å². The van der Waals surface area contributed by atoms with Gasteiger partial charge in [-0.3, -0.25) is 4.84 Å². The predicted molar refractivity (Wildman–Crippen MR) is 31.5 cm³/mol. The Balaban J connectivity index is 2.53. The van der Waals surface area contributed by atoms with Gasteiger partial charge >= 0.3 is 0 Å². The summed E-state index contributed by atoms with van der Waals surface area (Å²) >= 11 is 0. The molecule has 0 fully saturated rings. The van der Waals surface area contributed by atoms with Crippen LogP contribution in [0.25, 0.3) is 0 Å². The fourth-order valence-corrected chi connectivity index (χ4v) is 0.347. The van der Waals surface area contributed by atoms with E-state index in [1.807, 2.05) is 6.92 Å². The highest BCUT2D eigenvalue weighted by atomic mass is 16.7. The highest BCUT2D eigenvalue weighted by Crippen LogP contribution is 1.71. The lowest BCUT2D eigenvalue weighted by atomic mass is 10.7. The zero-order valence-corrected chi connectivity index (χ0v) is 5.44. The van der Waals surface area contributed by atoms with Crippen molar-refractivity contribution in [3.63, 3.8) is 0 Å². The van der Waals surface area contributed by atoms with Gasteiger partial charge in [-0.1, -0.05) is 0 Å². The van der Waals surface area contributed by atoms with Crippen LogP contribution in [0.2, 0.25) is 0 Å². The van der Waals surface area contributed by atoms with Gasteiger partial charge in [0, 0.05) is 13.7 Å². The Morgan fingerprint density at radius 3 is 2.62 bits per heavy atom. The molecule has 0 radical (unpaired) electrons. The lowest BCUT2D eigenvalue weighted by Gasteiger charge is -1.99. The number of rotatable bonds is 5. The summed E-state index contributed by atoms with van der Waals surface area (Å²) in [5.41, 5.74) is 2.55. The first kappa shape index (κ1) is 7.88. The summed E-state index contributed by atoms with van der Waals surface area (Å²) in [7, 11) is 1.73. The molecule has 3 nitrogen and oxygen atoms in total. The SMILES string of the molecule is CCOCCONC. The van der Waals surface area contributed by atoms with Crippen LogP contribution in [0.3, 0.4) is 0 Å². The third kappa shape index (κ3) is 5.88. The summed E-state index contributed by atoms with van der Waals surface area (Å²) in [5, 5.41) is 0. The molecule has 0 aromatic rings. The van der Waals surface area contributed by atoms with Crippen LogP contribution >= 0.6 is 0 Å². The Bertz CT molecular complexity index is 35.4.